The molecular weight excluding hydrogens is 284 g/mol. The maximum absolute atomic E-state index is 11.4. The van der Waals surface area contributed by atoms with Gasteiger partial charge in [-0.1, -0.05) is 48.5 Å². The van der Waals surface area contributed by atoms with Gasteiger partial charge in [0.05, 0.1) is 13.2 Å². The van der Waals surface area contributed by atoms with Crippen LogP contribution in [0.2, 0.25) is 0 Å². The fraction of sp³-hybridized carbons (Fsp3) is 0.118. The van der Waals surface area contributed by atoms with Gasteiger partial charge in [-0.2, -0.15) is 0 Å². The summed E-state index contributed by atoms with van der Waals surface area (Å²) in [5.74, 6) is -0.894. The van der Waals surface area contributed by atoms with Crippen molar-refractivity contribution in [2.24, 2.45) is 0 Å². The molecule has 0 atom stereocenters. The zero-order chi connectivity index (χ0) is 14.7. The summed E-state index contributed by atoms with van der Waals surface area (Å²) in [7, 11) is 0. The van der Waals surface area contributed by atoms with Crippen LogP contribution in [-0.4, -0.2) is 11.1 Å². The van der Waals surface area contributed by atoms with Gasteiger partial charge in [0.25, 0.3) is 0 Å². The maximum atomic E-state index is 11.4. The van der Waals surface area contributed by atoms with E-state index in [2.05, 4.69) is 0 Å². The molecule has 3 aromatic rings. The van der Waals surface area contributed by atoms with Crippen LogP contribution in [0.5, 0.6) is 0 Å². The van der Waals surface area contributed by atoms with Crippen LogP contribution in [-0.2, 0) is 18.0 Å². The van der Waals surface area contributed by atoms with Crippen molar-refractivity contribution in [1.29, 1.82) is 0 Å². The molecule has 0 unspecified atom stereocenters. The summed E-state index contributed by atoms with van der Waals surface area (Å²) in [6.07, 6.45) is 0. The third-order valence-corrected chi connectivity index (χ3v) is 4.45. The van der Waals surface area contributed by atoms with Crippen LogP contribution in [0.3, 0.4) is 0 Å². The first kappa shape index (κ1) is 13.8. The van der Waals surface area contributed by atoms with E-state index in [1.807, 2.05) is 54.6 Å². The Morgan fingerprint density at radius 1 is 1.00 bits per heavy atom. The molecule has 0 saturated heterocycles. The van der Waals surface area contributed by atoms with Crippen molar-refractivity contribution in [3.8, 4) is 0 Å². The minimum atomic E-state index is -0.894. The summed E-state index contributed by atoms with van der Waals surface area (Å²) in [5.41, 5.74) is 1.84. The van der Waals surface area contributed by atoms with Crippen LogP contribution in [0.4, 0.5) is 0 Å². The molecule has 0 fully saturated rings. The van der Waals surface area contributed by atoms with Crippen LogP contribution in [0.1, 0.15) is 20.8 Å². The quantitative estimate of drug-likeness (QED) is 0.763. The van der Waals surface area contributed by atoms with E-state index in [9.17, 15) is 9.90 Å². The Kier molecular flexibility index (Phi) is 3.99. The van der Waals surface area contributed by atoms with Crippen LogP contribution in [0.15, 0.2) is 54.6 Å². The average molecular weight is 298 g/mol. The van der Waals surface area contributed by atoms with Gasteiger partial charge in [-0.25, -0.2) is 4.79 Å². The van der Waals surface area contributed by atoms with E-state index in [1.165, 1.54) is 11.3 Å². The normalized spacial score (nSPS) is 10.9. The van der Waals surface area contributed by atoms with Crippen molar-refractivity contribution in [3.05, 3.63) is 70.6 Å². The topological polar surface area (TPSA) is 46.5 Å². The number of fused-ring (bicyclic) bond motifs is 1. The molecule has 4 heteroatoms. The molecule has 3 nitrogen and oxygen atoms in total. The molecule has 0 saturated carbocycles. The molecule has 1 aromatic heterocycles. The lowest BCUT2D eigenvalue weighted by Crippen LogP contribution is -2.00. The van der Waals surface area contributed by atoms with Gasteiger partial charge in [0.1, 0.15) is 4.88 Å². The predicted molar refractivity (Wildman–Crippen MR) is 83.7 cm³/mol. The molecule has 0 aliphatic carbocycles. The molecule has 0 spiro atoms. The number of thiophene rings is 1. The monoisotopic (exact) mass is 298 g/mol. The first-order valence-corrected chi connectivity index (χ1v) is 7.42. The molecule has 0 aliphatic rings. The zero-order valence-electron chi connectivity index (χ0n) is 11.3. The second-order valence-corrected chi connectivity index (χ2v) is 5.74. The Hall–Kier alpha value is -2.17. The highest BCUT2D eigenvalue weighted by atomic mass is 32.1. The van der Waals surface area contributed by atoms with E-state index in [-0.39, 0.29) is 0 Å². The van der Waals surface area contributed by atoms with Gasteiger partial charge < -0.3 is 9.84 Å². The summed E-state index contributed by atoms with van der Waals surface area (Å²) < 4.78 is 6.69. The van der Waals surface area contributed by atoms with Crippen molar-refractivity contribution in [2.75, 3.05) is 0 Å². The van der Waals surface area contributed by atoms with E-state index < -0.39 is 5.97 Å². The predicted octanol–water partition coefficient (Wildman–Crippen LogP) is 4.32. The largest absolute Gasteiger partial charge is 0.477 e. The Bertz CT molecular complexity index is 762. The number of ether oxygens (including phenoxy) is 1. The Morgan fingerprint density at radius 3 is 2.48 bits per heavy atom. The van der Waals surface area contributed by atoms with Crippen molar-refractivity contribution in [1.82, 2.24) is 0 Å². The fourth-order valence-electron chi connectivity index (χ4n) is 2.26. The minimum Gasteiger partial charge on any atom is -0.477 e. The molecule has 2 aromatic carbocycles. The maximum Gasteiger partial charge on any atom is 0.346 e. The minimum absolute atomic E-state index is 0.306. The Balaban J connectivity index is 1.82. The van der Waals surface area contributed by atoms with Crippen LogP contribution in [0, 0.1) is 0 Å². The Morgan fingerprint density at radius 2 is 1.71 bits per heavy atom. The molecule has 1 N–H and O–H groups in total. The lowest BCUT2D eigenvalue weighted by atomic mass is 10.1. The smallest absolute Gasteiger partial charge is 0.346 e. The van der Waals surface area contributed by atoms with Crippen molar-refractivity contribution in [3.63, 3.8) is 0 Å². The summed E-state index contributed by atoms with van der Waals surface area (Å²) in [6.45, 7) is 0.782. The number of carbonyl (C=O) groups is 1. The van der Waals surface area contributed by atoms with Gasteiger partial charge in [0.15, 0.2) is 0 Å². The highest BCUT2D eigenvalue weighted by Gasteiger charge is 2.17. The number of aromatic carboxylic acids is 1. The molecule has 0 radical (unpaired) electrons. The summed E-state index contributed by atoms with van der Waals surface area (Å²) in [4.78, 5) is 11.7. The van der Waals surface area contributed by atoms with E-state index in [0.29, 0.717) is 18.1 Å². The third kappa shape index (κ3) is 2.96. The average Bonchev–Trinajstić information content (AvgIpc) is 2.88. The second-order valence-electron chi connectivity index (χ2n) is 4.69. The van der Waals surface area contributed by atoms with Gasteiger partial charge >= 0.3 is 5.97 Å². The molecule has 0 amide bonds. The first-order valence-electron chi connectivity index (χ1n) is 6.61. The van der Waals surface area contributed by atoms with Gasteiger partial charge in [0, 0.05) is 10.3 Å². The molecular formula is C17H14O3S. The van der Waals surface area contributed by atoms with E-state index in [1.54, 1.807) is 0 Å². The fourth-order valence-corrected chi connectivity index (χ4v) is 3.31. The van der Waals surface area contributed by atoms with E-state index >= 15 is 0 Å². The standard InChI is InChI=1S/C17H14O3S/c18-17(19)16-14(13-8-4-5-9-15(13)21-16)11-20-10-12-6-2-1-3-7-12/h1-9H,10-11H2,(H,18,19). The zero-order valence-corrected chi connectivity index (χ0v) is 12.1. The van der Waals surface area contributed by atoms with Crippen LogP contribution >= 0.6 is 11.3 Å². The van der Waals surface area contributed by atoms with Crippen molar-refractivity contribution in [2.45, 2.75) is 13.2 Å². The SMILES string of the molecule is O=C(O)c1sc2ccccc2c1COCc1ccccc1. The van der Waals surface area contributed by atoms with Crippen molar-refractivity contribution < 1.29 is 14.6 Å². The van der Waals surface area contributed by atoms with Crippen LogP contribution in [0.25, 0.3) is 10.1 Å². The lowest BCUT2D eigenvalue weighted by Gasteiger charge is -2.05. The molecule has 0 aliphatic heterocycles. The third-order valence-electron chi connectivity index (χ3n) is 3.25. The molecule has 1 heterocycles. The number of hydrogen-bond acceptors (Lipinski definition) is 3. The van der Waals surface area contributed by atoms with E-state index in [0.717, 1.165) is 21.2 Å². The summed E-state index contributed by atoms with van der Waals surface area (Å²) in [5, 5.41) is 10.3. The number of hydrogen-bond donors (Lipinski definition) is 1. The second kappa shape index (κ2) is 6.08. The molecule has 106 valence electrons. The molecule has 0 bridgehead atoms. The van der Waals surface area contributed by atoms with Crippen LogP contribution < -0.4 is 0 Å². The highest BCUT2D eigenvalue weighted by Crippen LogP contribution is 2.32. The number of rotatable bonds is 5. The lowest BCUT2D eigenvalue weighted by molar-refractivity contribution is 0.0691. The number of carboxylic acids is 1. The highest BCUT2D eigenvalue weighted by molar-refractivity contribution is 7.21. The van der Waals surface area contributed by atoms with Gasteiger partial charge in [-0.3, -0.25) is 0 Å². The molecule has 3 rings (SSSR count). The Labute approximate surface area is 126 Å². The van der Waals surface area contributed by atoms with E-state index in [4.69, 9.17) is 4.74 Å². The van der Waals surface area contributed by atoms with Gasteiger partial charge in [0.2, 0.25) is 0 Å². The van der Waals surface area contributed by atoms with Crippen molar-refractivity contribution >= 4 is 27.4 Å². The van der Waals surface area contributed by atoms with Gasteiger partial charge in [-0.05, 0) is 17.0 Å². The number of carboxylic acid groups (broad SMARTS) is 1. The van der Waals surface area contributed by atoms with Gasteiger partial charge in [-0.15, -0.1) is 11.3 Å². The molecule has 21 heavy (non-hydrogen) atoms. The summed E-state index contributed by atoms with van der Waals surface area (Å²) >= 11 is 1.30. The first-order chi connectivity index (χ1) is 10.3. The summed E-state index contributed by atoms with van der Waals surface area (Å²) in [6, 6.07) is 17.6. The number of benzene rings is 2.